The summed E-state index contributed by atoms with van der Waals surface area (Å²) in [6, 6.07) is 4.41. The average molecular weight is 396 g/mol. The number of benzene rings is 1. The average Bonchev–Trinajstić information content (AvgIpc) is 2.52. The van der Waals surface area contributed by atoms with E-state index in [-0.39, 0.29) is 37.2 Å². The normalized spacial score (nSPS) is 11.2. The molecule has 1 rings (SSSR count). The third-order valence-electron chi connectivity index (χ3n) is 3.06. The van der Waals surface area contributed by atoms with Crippen LogP contribution in [-0.4, -0.2) is 43.5 Å². The number of hydrogen-bond acceptors (Lipinski definition) is 5. The minimum absolute atomic E-state index is 0. The van der Waals surface area contributed by atoms with Crippen molar-refractivity contribution in [3.8, 4) is 5.75 Å². The lowest BCUT2D eigenvalue weighted by atomic mass is 10.2. The number of nitrogens with one attached hydrogen (secondary N) is 2. The highest BCUT2D eigenvalue weighted by Crippen LogP contribution is 2.27. The Morgan fingerprint density at radius 1 is 1.42 bits per heavy atom. The lowest BCUT2D eigenvalue weighted by Crippen LogP contribution is -2.41. The molecule has 6 nitrogen and oxygen atoms in total. The highest BCUT2D eigenvalue weighted by Gasteiger charge is 2.13. The van der Waals surface area contributed by atoms with Crippen LogP contribution in [0.4, 0.5) is 5.69 Å². The van der Waals surface area contributed by atoms with Gasteiger partial charge in [0.2, 0.25) is 11.8 Å². The number of methoxy groups -OCH3 is 1. The van der Waals surface area contributed by atoms with E-state index in [0.29, 0.717) is 22.9 Å². The number of carbonyl (C=O) groups is 2. The molecule has 4 N–H and O–H groups in total. The molecule has 0 aromatic heterocycles. The Labute approximate surface area is 157 Å². The van der Waals surface area contributed by atoms with Crippen molar-refractivity contribution in [1.82, 2.24) is 5.32 Å². The van der Waals surface area contributed by atoms with Gasteiger partial charge in [0.25, 0.3) is 0 Å². The van der Waals surface area contributed by atoms with Gasteiger partial charge in [-0.15, -0.1) is 12.4 Å². The maximum Gasteiger partial charge on any atom is 0.236 e. The SMILES string of the molecule is COc1ccc(Cl)cc1NC(=O)CCNC(=O)[C@@H](N)CCSC.Cl. The maximum absolute atomic E-state index is 11.9. The minimum Gasteiger partial charge on any atom is -0.495 e. The third kappa shape index (κ3) is 8.10. The van der Waals surface area contributed by atoms with E-state index in [1.807, 2.05) is 6.26 Å². The van der Waals surface area contributed by atoms with Crippen LogP contribution in [0.15, 0.2) is 18.2 Å². The zero-order valence-corrected chi connectivity index (χ0v) is 16.0. The van der Waals surface area contributed by atoms with E-state index in [1.54, 1.807) is 30.0 Å². The number of hydrogen-bond donors (Lipinski definition) is 3. The van der Waals surface area contributed by atoms with E-state index in [2.05, 4.69) is 10.6 Å². The predicted molar refractivity (Wildman–Crippen MR) is 102 cm³/mol. The van der Waals surface area contributed by atoms with Gasteiger partial charge < -0.3 is 21.1 Å². The van der Waals surface area contributed by atoms with Gasteiger partial charge in [-0.05, 0) is 36.6 Å². The van der Waals surface area contributed by atoms with Crippen molar-refractivity contribution in [2.24, 2.45) is 5.73 Å². The summed E-state index contributed by atoms with van der Waals surface area (Å²) in [5.74, 6) is 0.852. The second kappa shape index (κ2) is 12.2. The van der Waals surface area contributed by atoms with E-state index < -0.39 is 6.04 Å². The number of halogens is 2. The van der Waals surface area contributed by atoms with Gasteiger partial charge >= 0.3 is 0 Å². The number of thioether (sulfide) groups is 1. The van der Waals surface area contributed by atoms with Crippen LogP contribution in [0.1, 0.15) is 12.8 Å². The Morgan fingerprint density at radius 2 is 2.12 bits per heavy atom. The summed E-state index contributed by atoms with van der Waals surface area (Å²) in [5, 5.41) is 5.86. The standard InChI is InChI=1S/C15H22ClN3O3S.ClH/c1-22-13-4-3-10(16)9-12(13)19-14(20)5-7-18-15(21)11(17)6-8-23-2;/h3-4,9,11H,5-8,17H2,1-2H3,(H,18,21)(H,19,20);1H/t11-;/m0./s1. The zero-order valence-electron chi connectivity index (χ0n) is 13.6. The van der Waals surface area contributed by atoms with Crippen molar-refractivity contribution in [3.05, 3.63) is 23.2 Å². The number of ether oxygens (including phenoxy) is 1. The predicted octanol–water partition coefficient (Wildman–Crippen LogP) is 2.30. The van der Waals surface area contributed by atoms with E-state index >= 15 is 0 Å². The Hall–Kier alpha value is -1.15. The topological polar surface area (TPSA) is 93.5 Å². The van der Waals surface area contributed by atoms with Crippen LogP contribution < -0.4 is 21.1 Å². The van der Waals surface area contributed by atoms with Crippen LogP contribution in [0, 0.1) is 0 Å². The molecule has 0 fully saturated rings. The summed E-state index contributed by atoms with van der Waals surface area (Å²) in [6.07, 6.45) is 2.70. The summed E-state index contributed by atoms with van der Waals surface area (Å²) < 4.78 is 5.15. The molecule has 0 radical (unpaired) electrons. The molecule has 0 saturated carbocycles. The lowest BCUT2D eigenvalue weighted by Gasteiger charge is -2.12. The van der Waals surface area contributed by atoms with Gasteiger partial charge in [0.1, 0.15) is 5.75 Å². The lowest BCUT2D eigenvalue weighted by molar-refractivity contribution is -0.122. The molecule has 9 heteroatoms. The molecule has 0 aliphatic rings. The molecule has 0 heterocycles. The largest absolute Gasteiger partial charge is 0.495 e. The molecule has 24 heavy (non-hydrogen) atoms. The van der Waals surface area contributed by atoms with Crippen molar-refractivity contribution in [2.45, 2.75) is 18.9 Å². The first kappa shape index (κ1) is 22.9. The molecule has 1 atom stereocenters. The van der Waals surface area contributed by atoms with Crippen molar-refractivity contribution in [1.29, 1.82) is 0 Å². The van der Waals surface area contributed by atoms with Crippen molar-refractivity contribution < 1.29 is 14.3 Å². The van der Waals surface area contributed by atoms with Gasteiger partial charge in [-0.3, -0.25) is 9.59 Å². The Balaban J connectivity index is 0.00000529. The first-order chi connectivity index (χ1) is 11.0. The van der Waals surface area contributed by atoms with Gasteiger partial charge in [-0.25, -0.2) is 0 Å². The van der Waals surface area contributed by atoms with Crippen LogP contribution in [0.3, 0.4) is 0 Å². The van der Waals surface area contributed by atoms with E-state index in [4.69, 9.17) is 22.1 Å². The smallest absolute Gasteiger partial charge is 0.236 e. The first-order valence-corrected chi connectivity index (χ1v) is 8.90. The molecular formula is C15H23Cl2N3O3S. The highest BCUT2D eigenvalue weighted by atomic mass is 35.5. The van der Waals surface area contributed by atoms with Crippen molar-refractivity contribution in [2.75, 3.05) is 31.0 Å². The maximum atomic E-state index is 11.9. The summed E-state index contributed by atoms with van der Waals surface area (Å²) in [7, 11) is 1.51. The number of anilines is 1. The van der Waals surface area contributed by atoms with Gasteiger partial charge in [0.05, 0.1) is 18.8 Å². The molecule has 0 aliphatic carbocycles. The summed E-state index contributed by atoms with van der Waals surface area (Å²) in [5.41, 5.74) is 6.23. The van der Waals surface area contributed by atoms with Crippen LogP contribution in [0.2, 0.25) is 5.02 Å². The second-order valence-corrected chi connectivity index (χ2v) is 6.24. The quantitative estimate of drug-likeness (QED) is 0.596. The van der Waals surface area contributed by atoms with Crippen molar-refractivity contribution >= 4 is 53.3 Å². The third-order valence-corrected chi connectivity index (χ3v) is 3.94. The second-order valence-electron chi connectivity index (χ2n) is 4.82. The van der Waals surface area contributed by atoms with E-state index in [9.17, 15) is 9.59 Å². The number of nitrogens with two attached hydrogens (primary N) is 1. The highest BCUT2D eigenvalue weighted by molar-refractivity contribution is 7.98. The molecule has 0 aliphatic heterocycles. The molecule has 0 unspecified atom stereocenters. The number of carbonyl (C=O) groups excluding carboxylic acids is 2. The monoisotopic (exact) mass is 395 g/mol. The molecule has 1 aromatic carbocycles. The first-order valence-electron chi connectivity index (χ1n) is 7.13. The summed E-state index contributed by atoms with van der Waals surface area (Å²) >= 11 is 7.54. The molecule has 136 valence electrons. The fraction of sp³-hybridized carbons (Fsp3) is 0.467. The Bertz CT molecular complexity index is 547. The van der Waals surface area contributed by atoms with E-state index in [0.717, 1.165) is 5.75 Å². The van der Waals surface area contributed by atoms with Crippen LogP contribution in [0.25, 0.3) is 0 Å². The Kier molecular flexibility index (Phi) is 11.7. The molecule has 0 saturated heterocycles. The zero-order chi connectivity index (χ0) is 17.2. The number of rotatable bonds is 9. The van der Waals surface area contributed by atoms with Gasteiger partial charge in [-0.1, -0.05) is 11.6 Å². The van der Waals surface area contributed by atoms with Gasteiger partial charge in [0, 0.05) is 18.0 Å². The van der Waals surface area contributed by atoms with Gasteiger partial charge in [-0.2, -0.15) is 11.8 Å². The number of amides is 2. The Morgan fingerprint density at radius 3 is 2.75 bits per heavy atom. The minimum atomic E-state index is -0.543. The summed E-state index contributed by atoms with van der Waals surface area (Å²) in [6.45, 7) is 0.223. The molecule has 2 amide bonds. The van der Waals surface area contributed by atoms with E-state index in [1.165, 1.54) is 7.11 Å². The molecule has 0 spiro atoms. The molecule has 1 aromatic rings. The fourth-order valence-corrected chi connectivity index (χ4v) is 2.46. The van der Waals surface area contributed by atoms with Gasteiger partial charge in [0.15, 0.2) is 0 Å². The van der Waals surface area contributed by atoms with Crippen molar-refractivity contribution in [3.63, 3.8) is 0 Å². The van der Waals surface area contributed by atoms with Crippen LogP contribution in [-0.2, 0) is 9.59 Å². The fourth-order valence-electron chi connectivity index (χ4n) is 1.80. The molecular weight excluding hydrogens is 373 g/mol. The summed E-state index contributed by atoms with van der Waals surface area (Å²) in [4.78, 5) is 23.6. The van der Waals surface area contributed by atoms with Crippen LogP contribution >= 0.6 is 35.8 Å². The van der Waals surface area contributed by atoms with Crippen LogP contribution in [0.5, 0.6) is 5.75 Å². The molecule has 0 bridgehead atoms.